The van der Waals surface area contributed by atoms with Gasteiger partial charge in [0.05, 0.1) is 5.69 Å². The number of nitrogens with one attached hydrogen (secondary N) is 1. The van der Waals surface area contributed by atoms with Crippen LogP contribution in [0.15, 0.2) is 11.2 Å². The molecule has 26 heavy (non-hydrogen) atoms. The summed E-state index contributed by atoms with van der Waals surface area (Å²) in [5, 5.41) is 7.62. The molecular formula is C16H29F3IN5O. The Morgan fingerprint density at radius 1 is 1.42 bits per heavy atom. The zero-order chi connectivity index (χ0) is 19.0. The molecule has 6 nitrogen and oxygen atoms in total. The standard InChI is InChI=1S/C16H28F3N5O.HI/c1-12(2)14-13(10-24(5)22-14)9-23(4)15(20-3)21-7-6-8-25-11-16(17,18)19;/h10,12H,6-9,11H2,1-5H3,(H,20,21);1H. The van der Waals surface area contributed by atoms with E-state index >= 15 is 0 Å². The Morgan fingerprint density at radius 3 is 2.62 bits per heavy atom. The SMILES string of the molecule is CN=C(NCCCOCC(F)(F)F)N(C)Cc1cn(C)nc1C(C)C.I. The van der Waals surface area contributed by atoms with Crippen LogP contribution in [0.25, 0.3) is 0 Å². The fourth-order valence-corrected chi connectivity index (χ4v) is 2.44. The highest BCUT2D eigenvalue weighted by molar-refractivity contribution is 14.0. The first-order valence-electron chi connectivity index (χ1n) is 8.22. The number of aliphatic imine (C=N–C) groups is 1. The third-order valence-electron chi connectivity index (χ3n) is 3.48. The average molecular weight is 491 g/mol. The highest BCUT2D eigenvalue weighted by Gasteiger charge is 2.27. The van der Waals surface area contributed by atoms with Crippen LogP contribution in [-0.2, 0) is 18.3 Å². The van der Waals surface area contributed by atoms with Crippen molar-refractivity contribution in [3.63, 3.8) is 0 Å². The van der Waals surface area contributed by atoms with E-state index in [1.165, 1.54) is 0 Å². The third kappa shape index (κ3) is 9.06. The molecular weight excluding hydrogens is 462 g/mol. The lowest BCUT2D eigenvalue weighted by atomic mass is 10.1. The second-order valence-electron chi connectivity index (χ2n) is 6.22. The van der Waals surface area contributed by atoms with E-state index in [4.69, 9.17) is 0 Å². The molecule has 0 aromatic carbocycles. The largest absolute Gasteiger partial charge is 0.411 e. The number of aryl methyl sites for hydroxylation is 1. The van der Waals surface area contributed by atoms with Crippen LogP contribution in [0.3, 0.4) is 0 Å². The number of aromatic nitrogens is 2. The summed E-state index contributed by atoms with van der Waals surface area (Å²) in [6, 6.07) is 0. The van der Waals surface area contributed by atoms with Gasteiger partial charge in [-0.2, -0.15) is 18.3 Å². The van der Waals surface area contributed by atoms with Gasteiger partial charge in [0, 0.05) is 52.6 Å². The smallest absolute Gasteiger partial charge is 0.372 e. The Balaban J connectivity index is 0.00000625. The molecule has 0 aliphatic carbocycles. The zero-order valence-corrected chi connectivity index (χ0v) is 18.3. The highest BCUT2D eigenvalue weighted by Crippen LogP contribution is 2.18. The van der Waals surface area contributed by atoms with Gasteiger partial charge in [-0.15, -0.1) is 24.0 Å². The predicted molar refractivity (Wildman–Crippen MR) is 107 cm³/mol. The van der Waals surface area contributed by atoms with Crippen LogP contribution < -0.4 is 5.32 Å². The number of ether oxygens (including phenoxy) is 1. The third-order valence-corrected chi connectivity index (χ3v) is 3.48. The molecule has 0 amide bonds. The zero-order valence-electron chi connectivity index (χ0n) is 15.9. The van der Waals surface area contributed by atoms with Crippen LogP contribution >= 0.6 is 24.0 Å². The molecule has 0 unspecified atom stereocenters. The predicted octanol–water partition coefficient (Wildman–Crippen LogP) is 3.14. The lowest BCUT2D eigenvalue weighted by Crippen LogP contribution is -2.39. The van der Waals surface area contributed by atoms with Crippen molar-refractivity contribution in [2.24, 2.45) is 12.0 Å². The Labute approximate surface area is 170 Å². The summed E-state index contributed by atoms with van der Waals surface area (Å²) in [5.41, 5.74) is 2.17. The summed E-state index contributed by atoms with van der Waals surface area (Å²) in [4.78, 5) is 6.16. The average Bonchev–Trinajstić information content (AvgIpc) is 2.86. The Kier molecular flexibility index (Phi) is 11.2. The maximum Gasteiger partial charge on any atom is 0.411 e. The van der Waals surface area contributed by atoms with Gasteiger partial charge in [-0.1, -0.05) is 13.8 Å². The lowest BCUT2D eigenvalue weighted by molar-refractivity contribution is -0.173. The van der Waals surface area contributed by atoms with E-state index in [1.54, 1.807) is 11.7 Å². The minimum atomic E-state index is -4.28. The van der Waals surface area contributed by atoms with Crippen molar-refractivity contribution < 1.29 is 17.9 Å². The van der Waals surface area contributed by atoms with Gasteiger partial charge in [0.15, 0.2) is 5.96 Å². The van der Waals surface area contributed by atoms with E-state index < -0.39 is 12.8 Å². The molecule has 1 rings (SSSR count). The van der Waals surface area contributed by atoms with E-state index in [9.17, 15) is 13.2 Å². The molecule has 152 valence electrons. The van der Waals surface area contributed by atoms with Crippen molar-refractivity contribution in [2.75, 3.05) is 33.9 Å². The van der Waals surface area contributed by atoms with E-state index in [-0.39, 0.29) is 30.6 Å². The van der Waals surface area contributed by atoms with Crippen LogP contribution in [0.4, 0.5) is 13.2 Å². The summed E-state index contributed by atoms with van der Waals surface area (Å²) in [7, 11) is 5.47. The molecule has 0 aliphatic rings. The minimum absolute atomic E-state index is 0. The van der Waals surface area contributed by atoms with Crippen molar-refractivity contribution in [3.05, 3.63) is 17.5 Å². The molecule has 0 saturated carbocycles. The normalized spacial score (nSPS) is 12.3. The molecule has 0 bridgehead atoms. The quantitative estimate of drug-likeness (QED) is 0.263. The highest BCUT2D eigenvalue weighted by atomic mass is 127. The number of rotatable bonds is 8. The number of hydrogen-bond acceptors (Lipinski definition) is 3. The van der Waals surface area contributed by atoms with Crippen LogP contribution in [0.1, 0.15) is 37.4 Å². The van der Waals surface area contributed by atoms with Crippen molar-refractivity contribution >= 4 is 29.9 Å². The molecule has 0 spiro atoms. The summed E-state index contributed by atoms with van der Waals surface area (Å²) in [5.74, 6) is 1.000. The number of alkyl halides is 3. The van der Waals surface area contributed by atoms with E-state index in [2.05, 4.69) is 34.0 Å². The first-order chi connectivity index (χ1) is 11.6. The lowest BCUT2D eigenvalue weighted by Gasteiger charge is -2.22. The van der Waals surface area contributed by atoms with E-state index in [0.717, 1.165) is 11.3 Å². The van der Waals surface area contributed by atoms with Gasteiger partial charge in [-0.05, 0) is 12.3 Å². The van der Waals surface area contributed by atoms with Crippen LogP contribution in [0, 0.1) is 0 Å². The van der Waals surface area contributed by atoms with Crippen molar-refractivity contribution in [2.45, 2.75) is 38.9 Å². The molecule has 10 heteroatoms. The van der Waals surface area contributed by atoms with E-state index in [0.29, 0.717) is 31.4 Å². The molecule has 0 saturated heterocycles. The number of nitrogens with zero attached hydrogens (tertiary/aromatic N) is 4. The van der Waals surface area contributed by atoms with Crippen LogP contribution in [-0.4, -0.2) is 60.7 Å². The summed E-state index contributed by atoms with van der Waals surface area (Å²) in [6.07, 6.45) is -1.82. The van der Waals surface area contributed by atoms with Crippen LogP contribution in [0.2, 0.25) is 0 Å². The topological polar surface area (TPSA) is 54.7 Å². The van der Waals surface area contributed by atoms with Gasteiger partial charge in [-0.3, -0.25) is 9.67 Å². The van der Waals surface area contributed by atoms with Gasteiger partial charge in [-0.25, -0.2) is 0 Å². The summed E-state index contributed by atoms with van der Waals surface area (Å²) < 4.78 is 42.3. The molecule has 1 aromatic heterocycles. The van der Waals surface area contributed by atoms with Gasteiger partial charge < -0.3 is 15.0 Å². The number of halogens is 4. The second kappa shape index (κ2) is 11.6. The molecule has 0 fully saturated rings. The molecule has 1 N–H and O–H groups in total. The molecule has 1 aromatic rings. The Bertz CT molecular complexity index is 561. The summed E-state index contributed by atoms with van der Waals surface area (Å²) >= 11 is 0. The van der Waals surface area contributed by atoms with Crippen molar-refractivity contribution in [3.8, 4) is 0 Å². The minimum Gasteiger partial charge on any atom is -0.372 e. The number of guanidine groups is 1. The maximum absolute atomic E-state index is 12.0. The molecule has 0 atom stereocenters. The van der Waals surface area contributed by atoms with Gasteiger partial charge >= 0.3 is 6.18 Å². The maximum atomic E-state index is 12.0. The Hall–Kier alpha value is -1.04. The monoisotopic (exact) mass is 491 g/mol. The van der Waals surface area contributed by atoms with Gasteiger partial charge in [0.25, 0.3) is 0 Å². The molecule has 0 radical (unpaired) electrons. The fourth-order valence-electron chi connectivity index (χ4n) is 2.44. The number of hydrogen-bond donors (Lipinski definition) is 1. The summed E-state index contributed by atoms with van der Waals surface area (Å²) in [6.45, 7) is 4.16. The Morgan fingerprint density at radius 2 is 2.08 bits per heavy atom. The second-order valence-corrected chi connectivity index (χ2v) is 6.22. The first-order valence-corrected chi connectivity index (χ1v) is 8.22. The first kappa shape index (κ1) is 25.0. The van der Waals surface area contributed by atoms with E-state index in [1.807, 2.05) is 25.2 Å². The molecule has 1 heterocycles. The van der Waals surface area contributed by atoms with Gasteiger partial charge in [0.1, 0.15) is 6.61 Å². The fraction of sp³-hybridized carbons (Fsp3) is 0.750. The van der Waals surface area contributed by atoms with Crippen molar-refractivity contribution in [1.29, 1.82) is 0 Å². The van der Waals surface area contributed by atoms with Gasteiger partial charge in [0.2, 0.25) is 0 Å². The molecule has 0 aliphatic heterocycles. The van der Waals surface area contributed by atoms with Crippen LogP contribution in [0.5, 0.6) is 0 Å². The van der Waals surface area contributed by atoms with Crippen molar-refractivity contribution in [1.82, 2.24) is 20.0 Å².